The zero-order valence-electron chi connectivity index (χ0n) is 18.3. The topological polar surface area (TPSA) is 47.7 Å². The Labute approximate surface area is 219 Å². The van der Waals surface area contributed by atoms with Crippen molar-refractivity contribution in [3.05, 3.63) is 22.2 Å². The largest absolute Gasteiger partial charge is 0.460 e. The number of hydrogen-bond donors (Lipinski definition) is 2. The number of nitrogens with zero attached hydrogens (tertiary/aromatic N) is 2. The molecule has 0 radical (unpaired) electrons. The molecule has 0 saturated carbocycles. The van der Waals surface area contributed by atoms with E-state index >= 15 is 0 Å². The first-order valence-electron chi connectivity index (χ1n) is 9.41. The van der Waals surface area contributed by atoms with Gasteiger partial charge < -0.3 is 14.9 Å². The minimum absolute atomic E-state index is 0.167. The average molecular weight is 664 g/mol. The molecule has 0 amide bonds. The number of anilines is 1. The van der Waals surface area contributed by atoms with Gasteiger partial charge in [-0.25, -0.2) is 4.39 Å². The molecule has 1 atom stereocenters. The molecule has 1 rings (SSSR count). The summed E-state index contributed by atoms with van der Waals surface area (Å²) in [6, 6.07) is 0. The molecule has 0 aromatic carbocycles. The monoisotopic (exact) mass is 664 g/mol. The van der Waals surface area contributed by atoms with Crippen molar-refractivity contribution in [1.82, 2.24) is 15.0 Å². The van der Waals surface area contributed by atoms with Crippen molar-refractivity contribution in [2.45, 2.75) is 60.4 Å². The molecular weight excluding hydrogens is 654 g/mol. The Bertz CT molecular complexity index is 1160. The SMILES string of the molecule is C=CCN(c1nc(=S)[nH]c(=S)[nH]1)C(F)CC(F)(F)C(F)(F)C(F)(F)C(F)(F)C(F)(F)C(F)(F)C(F)(F)C(F)(F)F. The molecule has 2 N–H and O–H groups in total. The van der Waals surface area contributed by atoms with Gasteiger partial charge in [-0.05, 0) is 24.4 Å². The lowest BCUT2D eigenvalue weighted by atomic mass is 9.88. The lowest BCUT2D eigenvalue weighted by Gasteiger charge is -2.43. The van der Waals surface area contributed by atoms with Crippen molar-refractivity contribution >= 4 is 30.4 Å². The van der Waals surface area contributed by atoms with Crippen LogP contribution in [0.2, 0.25) is 0 Å². The third-order valence-corrected chi connectivity index (χ3v) is 5.20. The predicted octanol–water partition coefficient (Wildman–Crippen LogP) is 7.88. The lowest BCUT2D eigenvalue weighted by Crippen LogP contribution is -2.74. The van der Waals surface area contributed by atoms with Gasteiger partial charge in [0.05, 0.1) is 6.42 Å². The molecule has 0 bridgehead atoms. The van der Waals surface area contributed by atoms with Crippen LogP contribution in [-0.2, 0) is 0 Å². The maximum atomic E-state index is 14.6. The second-order valence-corrected chi connectivity index (χ2v) is 8.34. The number of aromatic nitrogens is 3. The first-order chi connectivity index (χ1) is 17.5. The first-order valence-corrected chi connectivity index (χ1v) is 10.2. The van der Waals surface area contributed by atoms with Gasteiger partial charge in [0.25, 0.3) is 0 Å². The summed E-state index contributed by atoms with van der Waals surface area (Å²) in [5.41, 5.74) is 0. The third-order valence-electron chi connectivity index (χ3n) is 4.80. The Kier molecular flexibility index (Phi) is 9.41. The molecule has 0 aliphatic carbocycles. The molecule has 1 heterocycles. The van der Waals surface area contributed by atoms with Crippen LogP contribution in [0.5, 0.6) is 0 Å². The molecule has 0 spiro atoms. The van der Waals surface area contributed by atoms with Crippen molar-refractivity contribution in [1.29, 1.82) is 0 Å². The van der Waals surface area contributed by atoms with Crippen LogP contribution < -0.4 is 4.90 Å². The molecular formula is C16H10F18N4S2. The molecule has 0 aliphatic heterocycles. The van der Waals surface area contributed by atoms with Crippen molar-refractivity contribution in [3.63, 3.8) is 0 Å². The number of H-pyrrole nitrogens is 2. The number of halogens is 18. The first kappa shape index (κ1) is 35.8. The molecule has 1 aromatic rings. The van der Waals surface area contributed by atoms with Gasteiger partial charge in [0.15, 0.2) is 11.1 Å². The van der Waals surface area contributed by atoms with E-state index in [1.165, 1.54) is 0 Å². The van der Waals surface area contributed by atoms with Gasteiger partial charge in [-0.2, -0.15) is 79.6 Å². The van der Waals surface area contributed by atoms with Crippen LogP contribution in [0.1, 0.15) is 6.42 Å². The molecule has 0 aliphatic rings. The second kappa shape index (κ2) is 10.5. The summed E-state index contributed by atoms with van der Waals surface area (Å²) in [5.74, 6) is -58.9. The number of hydrogen-bond acceptors (Lipinski definition) is 4. The molecule has 4 nitrogen and oxygen atoms in total. The molecule has 0 fully saturated rings. The van der Waals surface area contributed by atoms with E-state index in [1.54, 1.807) is 0 Å². The average Bonchev–Trinajstić information content (AvgIpc) is 2.74. The number of nitrogens with one attached hydrogen (secondary N) is 2. The van der Waals surface area contributed by atoms with E-state index in [-0.39, 0.29) is 4.90 Å². The van der Waals surface area contributed by atoms with E-state index in [0.717, 1.165) is 0 Å². The summed E-state index contributed by atoms with van der Waals surface area (Å²) in [4.78, 5) is 7.13. The van der Waals surface area contributed by atoms with Crippen LogP contribution in [0.25, 0.3) is 0 Å². The molecule has 24 heteroatoms. The van der Waals surface area contributed by atoms with Gasteiger partial charge in [0.2, 0.25) is 10.7 Å². The quantitative estimate of drug-likeness (QED) is 0.103. The van der Waals surface area contributed by atoms with Crippen molar-refractivity contribution in [2.75, 3.05) is 11.4 Å². The Morgan fingerprint density at radius 1 is 0.700 bits per heavy atom. The van der Waals surface area contributed by atoms with Gasteiger partial charge in [-0.3, -0.25) is 0 Å². The fourth-order valence-electron chi connectivity index (χ4n) is 2.64. The van der Waals surface area contributed by atoms with E-state index in [2.05, 4.69) is 41.0 Å². The van der Waals surface area contributed by atoms with Crippen LogP contribution in [0.4, 0.5) is 85.0 Å². The number of rotatable bonds is 12. The fraction of sp³-hybridized carbons (Fsp3) is 0.688. The standard InChI is InChI=1S/C16H10F18N4S2/c1-2-3-38(6-35-7(39)37-8(40)36-6)5(17)4-9(18,19)10(20,21)11(22,23)12(24,25)13(26,27)14(28,29)15(30,31)16(32,33)34/h2,5H,1,3-4H2,(H2,35,36,37,39,40). The molecule has 0 saturated heterocycles. The number of alkyl halides is 18. The second-order valence-electron chi connectivity index (χ2n) is 7.55. The summed E-state index contributed by atoms with van der Waals surface area (Å²) < 4.78 is 241. The Morgan fingerprint density at radius 2 is 1.10 bits per heavy atom. The molecule has 1 unspecified atom stereocenters. The highest BCUT2D eigenvalue weighted by atomic mass is 32.1. The normalized spacial score (nSPS) is 15.7. The van der Waals surface area contributed by atoms with Gasteiger partial charge >= 0.3 is 47.6 Å². The Hall–Kier alpha value is -2.27. The van der Waals surface area contributed by atoms with Crippen molar-refractivity contribution in [3.8, 4) is 0 Å². The van der Waals surface area contributed by atoms with Crippen LogP contribution in [0.15, 0.2) is 12.7 Å². The molecule has 40 heavy (non-hydrogen) atoms. The number of aromatic amines is 2. The van der Waals surface area contributed by atoms with E-state index < -0.39 is 82.4 Å². The van der Waals surface area contributed by atoms with Crippen LogP contribution >= 0.6 is 24.4 Å². The summed E-state index contributed by atoms with van der Waals surface area (Å²) in [6.07, 6.45) is -14.3. The van der Waals surface area contributed by atoms with E-state index in [1.807, 2.05) is 4.98 Å². The lowest BCUT2D eigenvalue weighted by molar-refractivity contribution is -0.462. The van der Waals surface area contributed by atoms with Gasteiger partial charge in [0, 0.05) is 6.54 Å². The van der Waals surface area contributed by atoms with E-state index in [9.17, 15) is 79.0 Å². The van der Waals surface area contributed by atoms with Crippen molar-refractivity contribution in [2.24, 2.45) is 0 Å². The highest BCUT2D eigenvalue weighted by molar-refractivity contribution is 7.71. The van der Waals surface area contributed by atoms with E-state index in [0.29, 0.717) is 6.08 Å². The Morgan fingerprint density at radius 3 is 1.48 bits per heavy atom. The van der Waals surface area contributed by atoms with Crippen LogP contribution in [-0.4, -0.2) is 75.4 Å². The van der Waals surface area contributed by atoms with Gasteiger partial charge in [-0.15, -0.1) is 6.58 Å². The maximum Gasteiger partial charge on any atom is 0.460 e. The zero-order valence-corrected chi connectivity index (χ0v) is 19.9. The minimum atomic E-state index is -8.77. The summed E-state index contributed by atoms with van der Waals surface area (Å²) in [7, 11) is 0. The smallest absolute Gasteiger partial charge is 0.308 e. The summed E-state index contributed by atoms with van der Waals surface area (Å²) in [5, 5.41) is 0. The molecule has 1 aromatic heterocycles. The van der Waals surface area contributed by atoms with Crippen LogP contribution in [0, 0.1) is 9.54 Å². The third kappa shape index (κ3) is 5.47. The Balaban J connectivity index is 3.61. The predicted molar refractivity (Wildman–Crippen MR) is 102 cm³/mol. The highest BCUT2D eigenvalue weighted by Crippen LogP contribution is 2.64. The van der Waals surface area contributed by atoms with Crippen LogP contribution in [0.3, 0.4) is 0 Å². The summed E-state index contributed by atoms with van der Waals surface area (Å²) >= 11 is 9.06. The van der Waals surface area contributed by atoms with Gasteiger partial charge in [-0.1, -0.05) is 6.08 Å². The summed E-state index contributed by atoms with van der Waals surface area (Å²) in [6.45, 7) is 1.96. The maximum absolute atomic E-state index is 14.6. The zero-order chi connectivity index (χ0) is 32.1. The van der Waals surface area contributed by atoms with Gasteiger partial charge in [0.1, 0.15) is 0 Å². The highest BCUT2D eigenvalue weighted by Gasteiger charge is 2.95. The fourth-order valence-corrected chi connectivity index (χ4v) is 3.08. The minimum Gasteiger partial charge on any atom is -0.308 e. The molecule has 232 valence electrons. The van der Waals surface area contributed by atoms with E-state index in [4.69, 9.17) is 0 Å². The van der Waals surface area contributed by atoms with Crippen molar-refractivity contribution < 1.29 is 79.0 Å².